The summed E-state index contributed by atoms with van der Waals surface area (Å²) < 4.78 is 7.44. The molecule has 21 heavy (non-hydrogen) atoms. The molecule has 0 radical (unpaired) electrons. The number of benzene rings is 2. The average molecular weight is 282 g/mol. The van der Waals surface area contributed by atoms with E-state index in [2.05, 4.69) is 4.98 Å². The number of aliphatic hydroxyl groups excluding tert-OH is 1. The Bertz CT molecular complexity index is 736. The molecule has 1 unspecified atom stereocenters. The third-order valence-corrected chi connectivity index (χ3v) is 3.45. The van der Waals surface area contributed by atoms with Gasteiger partial charge in [-0.25, -0.2) is 4.98 Å². The second kappa shape index (κ2) is 5.97. The Morgan fingerprint density at radius 2 is 2.05 bits per heavy atom. The Labute approximate surface area is 123 Å². The first kappa shape index (κ1) is 13.6. The first-order chi connectivity index (χ1) is 10.3. The number of nitrogens with zero attached hydrogens (tertiary/aromatic N) is 2. The molecule has 0 saturated carbocycles. The third-order valence-electron chi connectivity index (χ3n) is 3.45. The predicted octanol–water partition coefficient (Wildman–Crippen LogP) is 3.17. The molecule has 3 aromatic rings. The predicted molar refractivity (Wildman–Crippen MR) is 82.3 cm³/mol. The third kappa shape index (κ3) is 2.90. The molecule has 0 aliphatic carbocycles. The Morgan fingerprint density at radius 1 is 1.19 bits per heavy atom. The number of aromatic nitrogens is 2. The van der Waals surface area contributed by atoms with Crippen molar-refractivity contribution < 1.29 is 9.84 Å². The molecule has 2 aromatic carbocycles. The molecule has 0 fully saturated rings. The van der Waals surface area contributed by atoms with Crippen molar-refractivity contribution in [2.75, 3.05) is 6.61 Å². The lowest BCUT2D eigenvalue weighted by molar-refractivity contribution is 0.157. The fourth-order valence-electron chi connectivity index (χ4n) is 2.43. The van der Waals surface area contributed by atoms with Crippen LogP contribution in [0.5, 0.6) is 5.75 Å². The zero-order valence-corrected chi connectivity index (χ0v) is 11.9. The normalized spacial score (nSPS) is 12.5. The van der Waals surface area contributed by atoms with Crippen LogP contribution >= 0.6 is 0 Å². The zero-order valence-electron chi connectivity index (χ0n) is 11.9. The van der Waals surface area contributed by atoms with Crippen LogP contribution in [-0.4, -0.2) is 21.3 Å². The van der Waals surface area contributed by atoms with Crippen LogP contribution in [-0.2, 0) is 6.54 Å². The van der Waals surface area contributed by atoms with E-state index >= 15 is 0 Å². The van der Waals surface area contributed by atoms with Crippen LogP contribution in [0.4, 0.5) is 0 Å². The molecular formula is C17H18N2O2. The first-order valence-electron chi connectivity index (χ1n) is 7.08. The van der Waals surface area contributed by atoms with Crippen LogP contribution < -0.4 is 4.74 Å². The molecule has 0 aliphatic heterocycles. The standard InChI is InChI=1S/C17H18N2O2/c1-2-21-14-7-5-6-13(10-14)17(20)11-19-12-18-15-8-3-4-9-16(15)19/h3-10,12,17,20H,2,11H2,1H3. The highest BCUT2D eigenvalue weighted by Gasteiger charge is 2.11. The summed E-state index contributed by atoms with van der Waals surface area (Å²) in [5.41, 5.74) is 2.81. The molecule has 4 nitrogen and oxygen atoms in total. The summed E-state index contributed by atoms with van der Waals surface area (Å²) in [6.07, 6.45) is 1.17. The molecule has 0 spiro atoms. The summed E-state index contributed by atoms with van der Waals surface area (Å²) in [7, 11) is 0. The minimum atomic E-state index is -0.594. The van der Waals surface area contributed by atoms with Gasteiger partial charge in [-0.2, -0.15) is 0 Å². The number of imidazole rings is 1. The summed E-state index contributed by atoms with van der Waals surface area (Å²) in [6, 6.07) is 15.5. The molecule has 1 heterocycles. The van der Waals surface area contributed by atoms with Gasteiger partial charge in [0, 0.05) is 0 Å². The van der Waals surface area contributed by atoms with Crippen LogP contribution in [0.3, 0.4) is 0 Å². The Hall–Kier alpha value is -2.33. The fraction of sp³-hybridized carbons (Fsp3) is 0.235. The van der Waals surface area contributed by atoms with Crippen molar-refractivity contribution in [2.24, 2.45) is 0 Å². The number of hydrogen-bond acceptors (Lipinski definition) is 3. The Morgan fingerprint density at radius 3 is 2.90 bits per heavy atom. The lowest BCUT2D eigenvalue weighted by Gasteiger charge is -2.14. The molecule has 1 aromatic heterocycles. The smallest absolute Gasteiger partial charge is 0.119 e. The molecular weight excluding hydrogens is 264 g/mol. The molecule has 0 amide bonds. The van der Waals surface area contributed by atoms with E-state index in [0.29, 0.717) is 13.2 Å². The van der Waals surface area contributed by atoms with Crippen LogP contribution in [0.1, 0.15) is 18.6 Å². The topological polar surface area (TPSA) is 47.3 Å². The molecule has 1 N–H and O–H groups in total. The van der Waals surface area contributed by atoms with Gasteiger partial charge in [0.1, 0.15) is 5.75 Å². The minimum Gasteiger partial charge on any atom is -0.494 e. The van der Waals surface area contributed by atoms with E-state index in [9.17, 15) is 5.11 Å². The van der Waals surface area contributed by atoms with Crippen molar-refractivity contribution in [1.82, 2.24) is 9.55 Å². The second-order valence-corrected chi connectivity index (χ2v) is 4.91. The van der Waals surface area contributed by atoms with E-state index in [0.717, 1.165) is 22.3 Å². The second-order valence-electron chi connectivity index (χ2n) is 4.91. The lowest BCUT2D eigenvalue weighted by atomic mass is 10.1. The molecule has 0 saturated heterocycles. The van der Waals surface area contributed by atoms with Crippen LogP contribution in [0.2, 0.25) is 0 Å². The van der Waals surface area contributed by atoms with Gasteiger partial charge < -0.3 is 14.4 Å². The molecule has 4 heteroatoms. The van der Waals surface area contributed by atoms with Gasteiger partial charge in [-0.05, 0) is 36.8 Å². The van der Waals surface area contributed by atoms with E-state index in [4.69, 9.17) is 4.74 Å². The van der Waals surface area contributed by atoms with Crippen molar-refractivity contribution in [3.8, 4) is 5.75 Å². The van der Waals surface area contributed by atoms with Gasteiger partial charge in [0.15, 0.2) is 0 Å². The fourth-order valence-corrected chi connectivity index (χ4v) is 2.43. The lowest BCUT2D eigenvalue weighted by Crippen LogP contribution is -2.08. The highest BCUT2D eigenvalue weighted by atomic mass is 16.5. The molecule has 3 rings (SSSR count). The monoisotopic (exact) mass is 282 g/mol. The zero-order chi connectivity index (χ0) is 14.7. The first-order valence-corrected chi connectivity index (χ1v) is 7.08. The molecule has 108 valence electrons. The summed E-state index contributed by atoms with van der Waals surface area (Å²) in [5, 5.41) is 10.4. The number of rotatable bonds is 5. The highest BCUT2D eigenvalue weighted by Crippen LogP contribution is 2.22. The summed E-state index contributed by atoms with van der Waals surface area (Å²) in [6.45, 7) is 3.03. The number of fused-ring (bicyclic) bond motifs is 1. The summed E-state index contributed by atoms with van der Waals surface area (Å²) in [4.78, 5) is 4.34. The van der Waals surface area contributed by atoms with Crippen molar-refractivity contribution in [3.63, 3.8) is 0 Å². The quantitative estimate of drug-likeness (QED) is 0.782. The van der Waals surface area contributed by atoms with Crippen LogP contribution in [0, 0.1) is 0 Å². The maximum absolute atomic E-state index is 10.4. The van der Waals surface area contributed by atoms with Gasteiger partial charge in [-0.1, -0.05) is 24.3 Å². The van der Waals surface area contributed by atoms with Crippen molar-refractivity contribution >= 4 is 11.0 Å². The van der Waals surface area contributed by atoms with Gasteiger partial charge in [0.05, 0.1) is 36.6 Å². The highest BCUT2D eigenvalue weighted by molar-refractivity contribution is 5.74. The van der Waals surface area contributed by atoms with Crippen molar-refractivity contribution in [1.29, 1.82) is 0 Å². The Kier molecular flexibility index (Phi) is 3.88. The van der Waals surface area contributed by atoms with Crippen molar-refractivity contribution in [2.45, 2.75) is 19.6 Å². The van der Waals surface area contributed by atoms with E-state index in [1.807, 2.05) is 60.0 Å². The van der Waals surface area contributed by atoms with Gasteiger partial charge in [-0.3, -0.25) is 0 Å². The van der Waals surface area contributed by atoms with Gasteiger partial charge in [0.25, 0.3) is 0 Å². The van der Waals surface area contributed by atoms with Crippen molar-refractivity contribution in [3.05, 3.63) is 60.4 Å². The molecule has 0 aliphatic rings. The van der Waals surface area contributed by atoms with E-state index < -0.39 is 6.10 Å². The SMILES string of the molecule is CCOc1cccc(C(O)Cn2cnc3ccccc32)c1. The largest absolute Gasteiger partial charge is 0.494 e. The van der Waals surface area contributed by atoms with Gasteiger partial charge in [0.2, 0.25) is 0 Å². The van der Waals surface area contributed by atoms with Crippen LogP contribution in [0.15, 0.2) is 54.9 Å². The minimum absolute atomic E-state index is 0.468. The van der Waals surface area contributed by atoms with E-state index in [-0.39, 0.29) is 0 Å². The maximum Gasteiger partial charge on any atom is 0.119 e. The number of aliphatic hydroxyl groups is 1. The van der Waals surface area contributed by atoms with E-state index in [1.54, 1.807) is 6.33 Å². The van der Waals surface area contributed by atoms with Gasteiger partial charge in [-0.15, -0.1) is 0 Å². The number of hydrogen-bond donors (Lipinski definition) is 1. The maximum atomic E-state index is 10.4. The average Bonchev–Trinajstić information content (AvgIpc) is 2.91. The number of ether oxygens (including phenoxy) is 1. The molecule has 0 bridgehead atoms. The van der Waals surface area contributed by atoms with Crippen LogP contribution in [0.25, 0.3) is 11.0 Å². The molecule has 1 atom stereocenters. The number of para-hydroxylation sites is 2. The summed E-state index contributed by atoms with van der Waals surface area (Å²) >= 11 is 0. The van der Waals surface area contributed by atoms with E-state index in [1.165, 1.54) is 0 Å². The Balaban J connectivity index is 1.82. The summed E-state index contributed by atoms with van der Waals surface area (Å²) in [5.74, 6) is 0.782. The van der Waals surface area contributed by atoms with Gasteiger partial charge >= 0.3 is 0 Å².